The standard InChI is InChI=1S/C21H20N4/c1-13-9-15(3)21-19(10-13)14(2)11-20(23-21)25-24-16(4)18-7-5-17(12-22)6-8-18/h5-11H,1-4H3,(H,23,25). The van der Waals surface area contributed by atoms with Crippen molar-refractivity contribution in [3.8, 4) is 6.07 Å². The monoisotopic (exact) mass is 328 g/mol. The number of fused-ring (bicyclic) bond motifs is 1. The van der Waals surface area contributed by atoms with Crippen LogP contribution < -0.4 is 5.43 Å². The maximum Gasteiger partial charge on any atom is 0.147 e. The largest absolute Gasteiger partial charge is 0.261 e. The smallest absolute Gasteiger partial charge is 0.147 e. The first-order valence-electron chi connectivity index (χ1n) is 8.17. The first-order chi connectivity index (χ1) is 12.0. The summed E-state index contributed by atoms with van der Waals surface area (Å²) >= 11 is 0. The van der Waals surface area contributed by atoms with Crippen LogP contribution in [0.1, 0.15) is 34.7 Å². The number of aryl methyl sites for hydroxylation is 3. The summed E-state index contributed by atoms with van der Waals surface area (Å²) in [6.45, 7) is 8.20. The molecule has 1 aromatic heterocycles. The normalized spacial score (nSPS) is 11.4. The molecule has 0 unspecified atom stereocenters. The Kier molecular flexibility index (Phi) is 4.49. The van der Waals surface area contributed by atoms with Crippen LogP contribution in [-0.4, -0.2) is 10.7 Å². The fourth-order valence-electron chi connectivity index (χ4n) is 2.89. The van der Waals surface area contributed by atoms with Gasteiger partial charge in [-0.05, 0) is 68.7 Å². The highest BCUT2D eigenvalue weighted by molar-refractivity contribution is 5.99. The number of pyridine rings is 1. The van der Waals surface area contributed by atoms with Gasteiger partial charge in [-0.15, -0.1) is 0 Å². The quantitative estimate of drug-likeness (QED) is 0.551. The number of rotatable bonds is 3. The molecule has 0 amide bonds. The van der Waals surface area contributed by atoms with Crippen molar-refractivity contribution in [2.75, 3.05) is 5.43 Å². The van der Waals surface area contributed by atoms with E-state index in [1.807, 2.05) is 25.1 Å². The van der Waals surface area contributed by atoms with Crippen molar-refractivity contribution in [2.24, 2.45) is 5.10 Å². The molecule has 0 saturated heterocycles. The Morgan fingerprint density at radius 3 is 2.44 bits per heavy atom. The average Bonchev–Trinajstić information content (AvgIpc) is 2.60. The van der Waals surface area contributed by atoms with Crippen LogP contribution in [0.2, 0.25) is 0 Å². The minimum atomic E-state index is 0.641. The lowest BCUT2D eigenvalue weighted by molar-refractivity contribution is 1.23. The molecule has 0 aliphatic carbocycles. The van der Waals surface area contributed by atoms with Crippen LogP contribution in [-0.2, 0) is 0 Å². The predicted molar refractivity (Wildman–Crippen MR) is 103 cm³/mol. The fourth-order valence-corrected chi connectivity index (χ4v) is 2.89. The van der Waals surface area contributed by atoms with Crippen molar-refractivity contribution in [3.63, 3.8) is 0 Å². The Bertz CT molecular complexity index is 1010. The fraction of sp³-hybridized carbons (Fsp3) is 0.190. The summed E-state index contributed by atoms with van der Waals surface area (Å²) in [6.07, 6.45) is 0. The summed E-state index contributed by atoms with van der Waals surface area (Å²) in [5.74, 6) is 0.727. The van der Waals surface area contributed by atoms with Crippen molar-refractivity contribution in [1.29, 1.82) is 5.26 Å². The van der Waals surface area contributed by atoms with E-state index in [-0.39, 0.29) is 0 Å². The molecular weight excluding hydrogens is 308 g/mol. The summed E-state index contributed by atoms with van der Waals surface area (Å²) in [5, 5.41) is 14.5. The van der Waals surface area contributed by atoms with E-state index in [4.69, 9.17) is 10.2 Å². The molecule has 1 heterocycles. The number of aromatic nitrogens is 1. The van der Waals surface area contributed by atoms with Crippen molar-refractivity contribution >= 4 is 22.4 Å². The van der Waals surface area contributed by atoms with Crippen LogP contribution in [0, 0.1) is 32.1 Å². The zero-order chi connectivity index (χ0) is 18.0. The lowest BCUT2D eigenvalue weighted by atomic mass is 10.0. The molecule has 0 saturated carbocycles. The molecule has 0 bridgehead atoms. The summed E-state index contributed by atoms with van der Waals surface area (Å²) in [5.41, 5.74) is 10.1. The van der Waals surface area contributed by atoms with Gasteiger partial charge in [-0.1, -0.05) is 23.8 Å². The van der Waals surface area contributed by atoms with Gasteiger partial charge in [-0.2, -0.15) is 10.4 Å². The molecule has 1 N–H and O–H groups in total. The molecule has 2 aromatic carbocycles. The van der Waals surface area contributed by atoms with Gasteiger partial charge >= 0.3 is 0 Å². The number of hydrogen-bond acceptors (Lipinski definition) is 4. The van der Waals surface area contributed by atoms with Gasteiger partial charge in [0.25, 0.3) is 0 Å². The van der Waals surface area contributed by atoms with Crippen LogP contribution in [0.4, 0.5) is 5.82 Å². The van der Waals surface area contributed by atoms with E-state index < -0.39 is 0 Å². The van der Waals surface area contributed by atoms with Crippen LogP contribution in [0.3, 0.4) is 0 Å². The number of hydrazone groups is 1. The molecule has 4 heteroatoms. The number of nitriles is 1. The SMILES string of the molecule is CC(=NNc1cc(C)c2cc(C)cc(C)c2n1)c1ccc(C#N)cc1. The third-order valence-electron chi connectivity index (χ3n) is 4.23. The first kappa shape index (κ1) is 16.7. The summed E-state index contributed by atoms with van der Waals surface area (Å²) in [7, 11) is 0. The zero-order valence-electron chi connectivity index (χ0n) is 14.9. The van der Waals surface area contributed by atoms with E-state index in [2.05, 4.69) is 49.5 Å². The highest BCUT2D eigenvalue weighted by Crippen LogP contribution is 2.24. The molecule has 3 aromatic rings. The molecule has 124 valence electrons. The maximum atomic E-state index is 8.87. The van der Waals surface area contributed by atoms with Crippen LogP contribution >= 0.6 is 0 Å². The van der Waals surface area contributed by atoms with Gasteiger partial charge in [0.1, 0.15) is 5.82 Å². The molecule has 0 radical (unpaired) electrons. The number of nitrogens with zero attached hydrogens (tertiary/aromatic N) is 3. The lowest BCUT2D eigenvalue weighted by Crippen LogP contribution is -2.02. The van der Waals surface area contributed by atoms with E-state index >= 15 is 0 Å². The Hall–Kier alpha value is -3.19. The van der Waals surface area contributed by atoms with E-state index in [9.17, 15) is 0 Å². The van der Waals surface area contributed by atoms with Gasteiger partial charge in [-0.25, -0.2) is 4.98 Å². The summed E-state index contributed by atoms with van der Waals surface area (Å²) in [6, 6.07) is 15.8. The Labute approximate surface area is 147 Å². The second-order valence-electron chi connectivity index (χ2n) is 6.30. The van der Waals surface area contributed by atoms with Gasteiger partial charge < -0.3 is 0 Å². The van der Waals surface area contributed by atoms with Gasteiger partial charge in [0.15, 0.2) is 0 Å². The highest BCUT2D eigenvalue weighted by atomic mass is 15.3. The zero-order valence-corrected chi connectivity index (χ0v) is 14.9. The first-order valence-corrected chi connectivity index (χ1v) is 8.17. The highest BCUT2D eigenvalue weighted by Gasteiger charge is 2.06. The molecule has 0 fully saturated rings. The van der Waals surface area contributed by atoms with Gasteiger partial charge in [0.05, 0.1) is 22.9 Å². The third kappa shape index (κ3) is 3.51. The number of benzene rings is 2. The van der Waals surface area contributed by atoms with Crippen molar-refractivity contribution in [1.82, 2.24) is 4.98 Å². The molecule has 0 spiro atoms. The van der Waals surface area contributed by atoms with Gasteiger partial charge in [0.2, 0.25) is 0 Å². The number of anilines is 1. The lowest BCUT2D eigenvalue weighted by Gasteiger charge is -2.10. The maximum absolute atomic E-state index is 8.87. The molecule has 0 atom stereocenters. The number of hydrogen-bond donors (Lipinski definition) is 1. The molecule has 25 heavy (non-hydrogen) atoms. The minimum Gasteiger partial charge on any atom is -0.261 e. The van der Waals surface area contributed by atoms with E-state index in [1.54, 1.807) is 12.1 Å². The van der Waals surface area contributed by atoms with Crippen LogP contribution in [0.5, 0.6) is 0 Å². The average molecular weight is 328 g/mol. The molecule has 0 aliphatic rings. The second kappa shape index (κ2) is 6.74. The van der Waals surface area contributed by atoms with Gasteiger partial charge in [-0.3, -0.25) is 5.43 Å². The second-order valence-corrected chi connectivity index (χ2v) is 6.30. The van der Waals surface area contributed by atoms with Crippen molar-refractivity contribution in [3.05, 3.63) is 70.3 Å². The topological polar surface area (TPSA) is 61.1 Å². The minimum absolute atomic E-state index is 0.641. The molecule has 0 aliphatic heterocycles. The van der Waals surface area contributed by atoms with Crippen molar-refractivity contribution in [2.45, 2.75) is 27.7 Å². The Morgan fingerprint density at radius 1 is 1.04 bits per heavy atom. The van der Waals surface area contributed by atoms with E-state index in [0.29, 0.717) is 5.56 Å². The number of nitrogens with one attached hydrogen (secondary N) is 1. The van der Waals surface area contributed by atoms with Crippen LogP contribution in [0.15, 0.2) is 47.6 Å². The van der Waals surface area contributed by atoms with Crippen LogP contribution in [0.25, 0.3) is 10.9 Å². The molecular formula is C21H20N4. The third-order valence-corrected chi connectivity index (χ3v) is 4.23. The predicted octanol–water partition coefficient (Wildman–Crippen LogP) is 4.87. The van der Waals surface area contributed by atoms with E-state index in [0.717, 1.165) is 28.2 Å². The Morgan fingerprint density at radius 2 is 1.76 bits per heavy atom. The van der Waals surface area contributed by atoms with Gasteiger partial charge in [0, 0.05) is 5.39 Å². The molecule has 3 rings (SSSR count). The summed E-state index contributed by atoms with van der Waals surface area (Å²) in [4.78, 5) is 4.71. The molecule has 4 nitrogen and oxygen atoms in total. The van der Waals surface area contributed by atoms with Crippen molar-refractivity contribution < 1.29 is 0 Å². The summed E-state index contributed by atoms with van der Waals surface area (Å²) < 4.78 is 0. The van der Waals surface area contributed by atoms with E-state index in [1.165, 1.54) is 16.5 Å². The Balaban J connectivity index is 1.91.